The van der Waals surface area contributed by atoms with E-state index in [9.17, 15) is 4.79 Å². The standard InChI is InChI=1S/C23H54N2O10Si3/c1-10-27-36(28-11-2,29-12-3)23(20-19-21-25-22(24)26,37(30-13-4,31-14-5)32-15-6)38(33-16-7,34-17-8)35-18-9/h10-21H2,1-9H3,(H3,24,25,26). The molecule has 0 spiro atoms. The van der Waals surface area contributed by atoms with Gasteiger partial charge in [0.25, 0.3) is 0 Å². The molecule has 0 fully saturated rings. The van der Waals surface area contributed by atoms with Gasteiger partial charge in [0.05, 0.1) is 0 Å². The number of hydrogen-bond donors (Lipinski definition) is 2. The second-order valence-electron chi connectivity index (χ2n) is 7.87. The van der Waals surface area contributed by atoms with Crippen LogP contribution in [0.5, 0.6) is 0 Å². The molecule has 228 valence electrons. The van der Waals surface area contributed by atoms with Crippen LogP contribution in [-0.4, -0.2) is 98.5 Å². The number of amides is 2. The van der Waals surface area contributed by atoms with Crippen LogP contribution in [0.2, 0.25) is 4.28 Å². The minimum absolute atomic E-state index is 0.273. The Balaban J connectivity index is 8.10. The second-order valence-corrected chi connectivity index (χ2v) is 17.9. The van der Waals surface area contributed by atoms with Crippen LogP contribution in [0.15, 0.2) is 0 Å². The first-order valence-corrected chi connectivity index (χ1v) is 19.2. The van der Waals surface area contributed by atoms with Crippen LogP contribution in [0.1, 0.15) is 75.2 Å². The number of hydrogen-bond acceptors (Lipinski definition) is 10. The van der Waals surface area contributed by atoms with Gasteiger partial charge in [0.2, 0.25) is 0 Å². The molecular weight excluding hydrogens is 549 g/mol. The zero-order valence-electron chi connectivity index (χ0n) is 25.1. The van der Waals surface area contributed by atoms with E-state index in [4.69, 9.17) is 45.6 Å². The lowest BCUT2D eigenvalue weighted by Crippen LogP contribution is -2.81. The topological polar surface area (TPSA) is 138 Å². The number of rotatable bonds is 25. The fourth-order valence-corrected chi connectivity index (χ4v) is 21.0. The van der Waals surface area contributed by atoms with Crippen molar-refractivity contribution in [2.45, 2.75) is 79.4 Å². The Kier molecular flexibility index (Phi) is 19.4. The van der Waals surface area contributed by atoms with Crippen LogP contribution in [0.25, 0.3) is 0 Å². The zero-order chi connectivity index (χ0) is 29.1. The lowest BCUT2D eigenvalue weighted by molar-refractivity contribution is -0.0128. The molecule has 3 N–H and O–H groups in total. The number of primary amides is 1. The number of carbonyl (C=O) groups is 1. The van der Waals surface area contributed by atoms with E-state index in [-0.39, 0.29) is 72.4 Å². The van der Waals surface area contributed by atoms with Gasteiger partial charge in [-0.3, -0.25) is 0 Å². The molecule has 0 unspecified atom stereocenters. The van der Waals surface area contributed by atoms with Gasteiger partial charge >= 0.3 is 32.4 Å². The van der Waals surface area contributed by atoms with Gasteiger partial charge in [-0.25, -0.2) is 4.79 Å². The Bertz CT molecular complexity index is 521. The summed E-state index contributed by atoms with van der Waals surface area (Å²) < 4.78 is 58.2. The Morgan fingerprint density at radius 3 is 0.974 bits per heavy atom. The summed E-state index contributed by atoms with van der Waals surface area (Å²) in [6, 6.07) is -0.621. The highest BCUT2D eigenvalue weighted by Crippen LogP contribution is 2.60. The molecule has 0 saturated heterocycles. The average Bonchev–Trinajstić information content (AvgIpc) is 2.85. The molecule has 0 aliphatic rings. The third kappa shape index (κ3) is 8.53. The van der Waals surface area contributed by atoms with Crippen molar-refractivity contribution in [2.24, 2.45) is 5.73 Å². The van der Waals surface area contributed by atoms with Crippen molar-refractivity contribution in [2.75, 3.05) is 66.0 Å². The molecule has 0 atom stereocenters. The van der Waals surface area contributed by atoms with Gasteiger partial charge < -0.3 is 50.9 Å². The van der Waals surface area contributed by atoms with Crippen molar-refractivity contribution >= 4 is 32.4 Å². The molecule has 0 aromatic carbocycles. The van der Waals surface area contributed by atoms with E-state index >= 15 is 0 Å². The van der Waals surface area contributed by atoms with Crippen molar-refractivity contribution in [3.8, 4) is 0 Å². The summed E-state index contributed by atoms with van der Waals surface area (Å²) in [4.78, 5) is 11.6. The molecule has 0 aromatic rings. The van der Waals surface area contributed by atoms with E-state index in [1.54, 1.807) is 0 Å². The Morgan fingerprint density at radius 1 is 0.553 bits per heavy atom. The van der Waals surface area contributed by atoms with Gasteiger partial charge in [0.1, 0.15) is 0 Å². The first-order chi connectivity index (χ1) is 18.2. The highest BCUT2D eigenvalue weighted by molar-refractivity contribution is 7.02. The van der Waals surface area contributed by atoms with Gasteiger partial charge in [-0.05, 0) is 75.2 Å². The number of nitrogens with one attached hydrogen (secondary N) is 1. The Labute approximate surface area is 233 Å². The molecule has 0 aromatic heterocycles. The van der Waals surface area contributed by atoms with Crippen LogP contribution < -0.4 is 11.1 Å². The van der Waals surface area contributed by atoms with Crippen molar-refractivity contribution < 1.29 is 44.6 Å². The normalized spacial score (nSPS) is 13.2. The lowest BCUT2D eigenvalue weighted by atomic mass is 10.3. The summed E-state index contributed by atoms with van der Waals surface area (Å²) in [5.41, 5.74) is 5.38. The summed E-state index contributed by atoms with van der Waals surface area (Å²) in [5, 5.41) is 2.68. The molecule has 0 aliphatic heterocycles. The van der Waals surface area contributed by atoms with Gasteiger partial charge in [0.15, 0.2) is 4.28 Å². The van der Waals surface area contributed by atoms with E-state index in [2.05, 4.69) is 5.32 Å². The maximum atomic E-state index is 11.6. The smallest absolute Gasteiger partial charge is 0.373 e. The van der Waals surface area contributed by atoms with Crippen molar-refractivity contribution in [1.82, 2.24) is 5.32 Å². The molecule has 12 nitrogen and oxygen atoms in total. The molecule has 0 bridgehead atoms. The summed E-state index contributed by atoms with van der Waals surface area (Å²) in [7, 11) is -11.8. The minimum Gasteiger partial charge on any atom is -0.373 e. The van der Waals surface area contributed by atoms with Crippen molar-refractivity contribution in [3.05, 3.63) is 0 Å². The lowest BCUT2D eigenvalue weighted by Gasteiger charge is -2.55. The highest BCUT2D eigenvalue weighted by atomic mass is 28.5. The third-order valence-electron chi connectivity index (χ3n) is 5.61. The fraction of sp³-hybridized carbons (Fsp3) is 0.957. The molecule has 38 heavy (non-hydrogen) atoms. The van der Waals surface area contributed by atoms with Crippen LogP contribution in [0, 0.1) is 0 Å². The largest absolute Gasteiger partial charge is 0.516 e. The van der Waals surface area contributed by atoms with Crippen molar-refractivity contribution in [1.29, 1.82) is 0 Å². The summed E-state index contributed by atoms with van der Waals surface area (Å²) in [6.07, 6.45) is 0.715. The molecule has 0 aliphatic carbocycles. The molecule has 0 rings (SSSR count). The van der Waals surface area contributed by atoms with Crippen LogP contribution in [0.3, 0.4) is 0 Å². The molecule has 0 heterocycles. The summed E-state index contributed by atoms with van der Waals surface area (Å²) >= 11 is 0. The maximum absolute atomic E-state index is 11.6. The van der Waals surface area contributed by atoms with E-state index < -0.39 is 36.7 Å². The Hall–Kier alpha value is -0.439. The predicted molar refractivity (Wildman–Crippen MR) is 151 cm³/mol. The monoisotopic (exact) mass is 602 g/mol. The molecule has 15 heteroatoms. The zero-order valence-corrected chi connectivity index (χ0v) is 28.1. The highest BCUT2D eigenvalue weighted by Gasteiger charge is 2.89. The Morgan fingerprint density at radius 2 is 0.789 bits per heavy atom. The van der Waals surface area contributed by atoms with Gasteiger partial charge in [-0.1, -0.05) is 0 Å². The fourth-order valence-electron chi connectivity index (χ4n) is 4.78. The van der Waals surface area contributed by atoms with Gasteiger partial charge in [0, 0.05) is 66.0 Å². The first kappa shape index (κ1) is 37.6. The summed E-state index contributed by atoms with van der Waals surface area (Å²) in [6.45, 7) is 19.8. The van der Waals surface area contributed by atoms with Crippen molar-refractivity contribution in [3.63, 3.8) is 0 Å². The molecule has 2 amide bonds. The number of nitrogens with two attached hydrogens (primary N) is 1. The van der Waals surface area contributed by atoms with E-state index in [1.807, 2.05) is 62.3 Å². The SMILES string of the molecule is CCO[Si](OCC)(OCC)C(CCCNC(N)=O)([Si](OCC)(OCC)OCC)[Si](OCC)(OCC)OCC. The average molecular weight is 603 g/mol. The maximum Gasteiger partial charge on any atom is 0.516 e. The minimum atomic E-state index is -3.92. The van der Waals surface area contributed by atoms with Crippen LogP contribution in [0.4, 0.5) is 4.79 Å². The predicted octanol–water partition coefficient (Wildman–Crippen LogP) is 3.40. The van der Waals surface area contributed by atoms with E-state index in [1.165, 1.54) is 0 Å². The van der Waals surface area contributed by atoms with E-state index in [0.29, 0.717) is 6.42 Å². The second kappa shape index (κ2) is 19.6. The molecule has 0 radical (unpaired) electrons. The van der Waals surface area contributed by atoms with E-state index in [0.717, 1.165) is 0 Å². The van der Waals surface area contributed by atoms with Crippen LogP contribution in [-0.2, 0) is 39.8 Å². The first-order valence-electron chi connectivity index (χ1n) is 14.0. The summed E-state index contributed by atoms with van der Waals surface area (Å²) in [5.74, 6) is 0. The molecular formula is C23H54N2O10Si3. The quantitative estimate of drug-likeness (QED) is 0.118. The van der Waals surface area contributed by atoms with Gasteiger partial charge in [-0.15, -0.1) is 0 Å². The third-order valence-corrected chi connectivity index (χ3v) is 21.0. The van der Waals surface area contributed by atoms with Gasteiger partial charge in [-0.2, -0.15) is 0 Å². The number of urea groups is 1. The number of carbonyl (C=O) groups excluding carboxylic acids is 1. The van der Waals surface area contributed by atoms with Crippen LogP contribution >= 0.6 is 0 Å². The molecule has 0 saturated carbocycles.